The number of carbonyl (C=O) groups is 2. The molecule has 0 aliphatic rings. The Morgan fingerprint density at radius 3 is 2.17 bits per heavy atom. The number of sulfonamides is 1. The predicted molar refractivity (Wildman–Crippen MR) is 110 cm³/mol. The summed E-state index contributed by atoms with van der Waals surface area (Å²) >= 11 is 0. The Labute approximate surface area is 171 Å². The van der Waals surface area contributed by atoms with Gasteiger partial charge >= 0.3 is 5.97 Å². The Morgan fingerprint density at radius 1 is 1.00 bits per heavy atom. The molecule has 0 aliphatic heterocycles. The molecule has 2 N–H and O–H groups in total. The third-order valence-corrected chi connectivity index (χ3v) is 5.90. The lowest BCUT2D eigenvalue weighted by atomic mass is 10.1. The summed E-state index contributed by atoms with van der Waals surface area (Å²) in [6.07, 6.45) is 0.943. The molecule has 2 aromatic rings. The second-order valence-electron chi connectivity index (χ2n) is 6.49. The van der Waals surface area contributed by atoms with Gasteiger partial charge in [0, 0.05) is 6.54 Å². The Balaban J connectivity index is 1.88. The summed E-state index contributed by atoms with van der Waals surface area (Å²) in [7, 11) is -3.59. The lowest BCUT2D eigenvalue weighted by molar-refractivity contribution is -0.124. The van der Waals surface area contributed by atoms with E-state index in [1.165, 1.54) is 29.8 Å². The highest BCUT2D eigenvalue weighted by Crippen LogP contribution is 2.14. The van der Waals surface area contributed by atoms with Crippen molar-refractivity contribution in [1.82, 2.24) is 10.0 Å². The van der Waals surface area contributed by atoms with Gasteiger partial charge in [-0.25, -0.2) is 17.9 Å². The number of hydrogen-bond acceptors (Lipinski definition) is 5. The van der Waals surface area contributed by atoms with E-state index < -0.39 is 28.5 Å². The number of benzene rings is 2. The number of aryl methyl sites for hydroxylation is 1. The first-order valence-electron chi connectivity index (χ1n) is 9.41. The van der Waals surface area contributed by atoms with E-state index in [4.69, 9.17) is 4.74 Å². The average molecular weight is 419 g/mol. The second kappa shape index (κ2) is 10.2. The largest absolute Gasteiger partial charge is 0.452 e. The van der Waals surface area contributed by atoms with Crippen LogP contribution in [0.3, 0.4) is 0 Å². The maximum Gasteiger partial charge on any atom is 0.338 e. The van der Waals surface area contributed by atoms with Crippen molar-refractivity contribution in [3.63, 3.8) is 0 Å². The summed E-state index contributed by atoms with van der Waals surface area (Å²) in [5.74, 6) is -1.12. The molecule has 0 aromatic heterocycles. The van der Waals surface area contributed by atoms with Gasteiger partial charge in [-0.3, -0.25) is 4.79 Å². The molecule has 0 saturated heterocycles. The van der Waals surface area contributed by atoms with Gasteiger partial charge in [-0.15, -0.1) is 0 Å². The van der Waals surface area contributed by atoms with Crippen molar-refractivity contribution in [2.45, 2.75) is 38.1 Å². The van der Waals surface area contributed by atoms with Gasteiger partial charge in [-0.2, -0.15) is 0 Å². The molecular formula is C21H26N2O5S. The van der Waals surface area contributed by atoms with Crippen LogP contribution in [0, 0.1) is 0 Å². The number of esters is 1. The van der Waals surface area contributed by atoms with Gasteiger partial charge in [-0.1, -0.05) is 38.1 Å². The van der Waals surface area contributed by atoms with E-state index in [-0.39, 0.29) is 23.0 Å². The summed E-state index contributed by atoms with van der Waals surface area (Å²) in [6, 6.07) is 13.0. The molecule has 0 saturated carbocycles. The van der Waals surface area contributed by atoms with E-state index in [9.17, 15) is 18.0 Å². The van der Waals surface area contributed by atoms with Gasteiger partial charge in [0.05, 0.1) is 16.5 Å². The zero-order valence-corrected chi connectivity index (χ0v) is 17.6. The van der Waals surface area contributed by atoms with Gasteiger partial charge in [0.25, 0.3) is 5.91 Å². The number of rotatable bonds is 9. The first kappa shape index (κ1) is 22.6. The first-order valence-corrected chi connectivity index (χ1v) is 10.9. The van der Waals surface area contributed by atoms with Crippen molar-refractivity contribution in [1.29, 1.82) is 0 Å². The number of carbonyl (C=O) groups excluding carboxylic acids is 2. The lowest BCUT2D eigenvalue weighted by Gasteiger charge is -2.15. The molecule has 0 spiro atoms. The Kier molecular flexibility index (Phi) is 7.92. The standard InChI is InChI=1S/C21H26N2O5S/c1-4-16-6-8-17(9-7-16)15(3)23-20(24)14-28-21(25)18-10-12-19(13-11-18)29(26,27)22-5-2/h6-13,15,22H,4-5,14H2,1-3H3,(H,23,24)/t15-/m1/s1. The van der Waals surface area contributed by atoms with Crippen molar-refractivity contribution < 1.29 is 22.7 Å². The first-order chi connectivity index (χ1) is 13.8. The van der Waals surface area contributed by atoms with Crippen molar-refractivity contribution in [3.05, 3.63) is 65.2 Å². The van der Waals surface area contributed by atoms with E-state index in [0.717, 1.165) is 12.0 Å². The molecular weight excluding hydrogens is 392 g/mol. The maximum atomic E-state index is 12.1. The molecule has 0 fully saturated rings. The molecule has 2 rings (SSSR count). The summed E-state index contributed by atoms with van der Waals surface area (Å²) in [4.78, 5) is 24.2. The van der Waals surface area contributed by atoms with Crippen LogP contribution in [-0.2, 0) is 26.0 Å². The van der Waals surface area contributed by atoms with E-state index in [1.807, 2.05) is 31.2 Å². The Hall–Kier alpha value is -2.71. The summed E-state index contributed by atoms with van der Waals surface area (Å²) < 4.78 is 31.2. The van der Waals surface area contributed by atoms with Gasteiger partial charge in [0.2, 0.25) is 10.0 Å². The smallest absolute Gasteiger partial charge is 0.338 e. The van der Waals surface area contributed by atoms with Gasteiger partial charge in [0.15, 0.2) is 6.61 Å². The van der Waals surface area contributed by atoms with Crippen molar-refractivity contribution in [2.75, 3.05) is 13.2 Å². The van der Waals surface area contributed by atoms with E-state index in [2.05, 4.69) is 17.0 Å². The third-order valence-electron chi connectivity index (χ3n) is 4.33. The molecule has 1 amide bonds. The number of ether oxygens (including phenoxy) is 1. The SMILES string of the molecule is CCNS(=O)(=O)c1ccc(C(=O)OCC(=O)N[C@H](C)c2ccc(CC)cc2)cc1. The molecule has 0 aliphatic carbocycles. The molecule has 0 bridgehead atoms. The van der Waals surface area contributed by atoms with Crippen LogP contribution in [0.2, 0.25) is 0 Å². The molecule has 2 aromatic carbocycles. The van der Waals surface area contributed by atoms with Gasteiger partial charge < -0.3 is 10.1 Å². The second-order valence-corrected chi connectivity index (χ2v) is 8.25. The molecule has 156 valence electrons. The summed E-state index contributed by atoms with van der Waals surface area (Å²) in [5, 5.41) is 2.78. The maximum absolute atomic E-state index is 12.1. The van der Waals surface area contributed by atoms with Gasteiger partial charge in [-0.05, 0) is 48.7 Å². The minimum absolute atomic E-state index is 0.0524. The normalized spacial score (nSPS) is 12.2. The van der Waals surface area contributed by atoms with Gasteiger partial charge in [0.1, 0.15) is 0 Å². The molecule has 1 atom stereocenters. The fraction of sp³-hybridized carbons (Fsp3) is 0.333. The lowest BCUT2D eigenvalue weighted by Crippen LogP contribution is -2.31. The molecule has 0 unspecified atom stereocenters. The van der Waals surface area contributed by atoms with Crippen molar-refractivity contribution in [3.8, 4) is 0 Å². The zero-order valence-electron chi connectivity index (χ0n) is 16.8. The quantitative estimate of drug-likeness (QED) is 0.610. The van der Waals surface area contributed by atoms with E-state index in [0.29, 0.717) is 0 Å². The third kappa shape index (κ3) is 6.40. The van der Waals surface area contributed by atoms with E-state index >= 15 is 0 Å². The zero-order chi connectivity index (χ0) is 21.4. The highest BCUT2D eigenvalue weighted by Gasteiger charge is 2.16. The minimum atomic E-state index is -3.59. The van der Waals surface area contributed by atoms with Crippen LogP contribution in [-0.4, -0.2) is 33.4 Å². The monoisotopic (exact) mass is 418 g/mol. The topological polar surface area (TPSA) is 102 Å². The fourth-order valence-electron chi connectivity index (χ4n) is 2.67. The molecule has 7 nitrogen and oxygen atoms in total. The molecule has 8 heteroatoms. The molecule has 0 radical (unpaired) electrons. The summed E-state index contributed by atoms with van der Waals surface area (Å²) in [6.45, 7) is 5.44. The highest BCUT2D eigenvalue weighted by atomic mass is 32.2. The van der Waals surface area contributed by atoms with E-state index in [1.54, 1.807) is 6.92 Å². The van der Waals surface area contributed by atoms with Crippen LogP contribution in [0.5, 0.6) is 0 Å². The summed E-state index contributed by atoms with van der Waals surface area (Å²) in [5.41, 5.74) is 2.33. The minimum Gasteiger partial charge on any atom is -0.452 e. The average Bonchev–Trinajstić information content (AvgIpc) is 2.72. The number of hydrogen-bond donors (Lipinski definition) is 2. The molecule has 0 heterocycles. The van der Waals surface area contributed by atoms with Crippen LogP contribution in [0.1, 0.15) is 48.3 Å². The van der Waals surface area contributed by atoms with Crippen molar-refractivity contribution in [2.24, 2.45) is 0 Å². The number of nitrogens with one attached hydrogen (secondary N) is 2. The van der Waals surface area contributed by atoms with Crippen LogP contribution >= 0.6 is 0 Å². The molecule has 29 heavy (non-hydrogen) atoms. The van der Waals surface area contributed by atoms with Crippen LogP contribution < -0.4 is 10.0 Å². The van der Waals surface area contributed by atoms with Crippen LogP contribution in [0.25, 0.3) is 0 Å². The number of amides is 1. The van der Waals surface area contributed by atoms with Crippen molar-refractivity contribution >= 4 is 21.9 Å². The highest BCUT2D eigenvalue weighted by molar-refractivity contribution is 7.89. The van der Waals surface area contributed by atoms with Crippen LogP contribution in [0.4, 0.5) is 0 Å². The Bertz CT molecular complexity index is 938. The predicted octanol–water partition coefficient (Wildman–Crippen LogP) is 2.58. The Morgan fingerprint density at radius 2 is 1.62 bits per heavy atom. The fourth-order valence-corrected chi connectivity index (χ4v) is 3.71. The van der Waals surface area contributed by atoms with Crippen LogP contribution in [0.15, 0.2) is 53.4 Å².